The maximum absolute atomic E-state index is 10.5. The summed E-state index contributed by atoms with van der Waals surface area (Å²) in [5.41, 5.74) is 0.909. The van der Waals surface area contributed by atoms with E-state index in [9.17, 15) is 4.79 Å². The third-order valence-corrected chi connectivity index (χ3v) is 2.53. The van der Waals surface area contributed by atoms with Crippen LogP contribution in [0.25, 0.3) is 0 Å². The minimum Gasteiger partial charge on any atom is -0.493 e. The van der Waals surface area contributed by atoms with Gasteiger partial charge in [0.15, 0.2) is 18.1 Å². The number of benzene rings is 1. The van der Waals surface area contributed by atoms with Gasteiger partial charge in [0, 0.05) is 13.1 Å². The molecule has 0 spiro atoms. The third kappa shape index (κ3) is 4.81. The van der Waals surface area contributed by atoms with Gasteiger partial charge in [0.05, 0.1) is 12.1 Å². The second-order valence-electron chi connectivity index (χ2n) is 3.71. The fourth-order valence-electron chi connectivity index (χ4n) is 1.47. The average molecular weight is 286 g/mol. The van der Waals surface area contributed by atoms with Crippen molar-refractivity contribution in [2.45, 2.75) is 6.54 Å². The molecule has 19 heavy (non-hydrogen) atoms. The van der Waals surface area contributed by atoms with Gasteiger partial charge >= 0.3 is 5.97 Å². The Bertz CT molecular complexity index is 462. The maximum Gasteiger partial charge on any atom is 0.341 e. The summed E-state index contributed by atoms with van der Waals surface area (Å²) < 4.78 is 10.3. The Morgan fingerprint density at radius 1 is 1.58 bits per heavy atom. The van der Waals surface area contributed by atoms with Crippen LogP contribution in [0.2, 0.25) is 5.02 Å². The lowest BCUT2D eigenvalue weighted by Gasteiger charge is -2.13. The van der Waals surface area contributed by atoms with Gasteiger partial charge in [-0.05, 0) is 17.7 Å². The van der Waals surface area contributed by atoms with Crippen molar-refractivity contribution >= 4 is 17.6 Å². The zero-order valence-corrected chi connectivity index (χ0v) is 11.4. The second kappa shape index (κ2) is 7.66. The molecule has 104 valence electrons. The molecule has 0 unspecified atom stereocenters. The molecule has 1 aromatic carbocycles. The number of carboxylic acid groups (broad SMARTS) is 1. The van der Waals surface area contributed by atoms with Crippen molar-refractivity contribution in [1.82, 2.24) is 5.32 Å². The highest BCUT2D eigenvalue weighted by Crippen LogP contribution is 2.36. The predicted molar refractivity (Wildman–Crippen MR) is 73.0 cm³/mol. The molecule has 0 atom stereocenters. The highest BCUT2D eigenvalue weighted by atomic mass is 35.5. The molecule has 0 saturated carbocycles. The molecule has 2 N–H and O–H groups in total. The Morgan fingerprint density at radius 3 is 2.89 bits per heavy atom. The molecule has 6 heteroatoms. The van der Waals surface area contributed by atoms with Gasteiger partial charge in [0.1, 0.15) is 0 Å². The third-order valence-electron chi connectivity index (χ3n) is 2.25. The van der Waals surface area contributed by atoms with Crippen molar-refractivity contribution in [2.75, 3.05) is 20.3 Å². The molecule has 0 aliphatic rings. The lowest BCUT2D eigenvalue weighted by atomic mass is 10.2. The normalized spacial score (nSPS) is 10.0. The Kier molecular flexibility index (Phi) is 6.18. The molecular formula is C13H16ClNO4. The summed E-state index contributed by atoms with van der Waals surface area (Å²) in [5.74, 6) is -0.432. The molecule has 5 nitrogen and oxygen atoms in total. The molecule has 0 bridgehead atoms. The summed E-state index contributed by atoms with van der Waals surface area (Å²) in [4.78, 5) is 10.5. The van der Waals surface area contributed by atoms with E-state index >= 15 is 0 Å². The molecular weight excluding hydrogens is 270 g/mol. The lowest BCUT2D eigenvalue weighted by Crippen LogP contribution is -2.13. The zero-order chi connectivity index (χ0) is 14.3. The number of hydrogen-bond donors (Lipinski definition) is 2. The van der Waals surface area contributed by atoms with Crippen molar-refractivity contribution in [3.05, 3.63) is 35.4 Å². The number of carbonyl (C=O) groups is 1. The van der Waals surface area contributed by atoms with Gasteiger partial charge in [-0.1, -0.05) is 17.7 Å². The van der Waals surface area contributed by atoms with E-state index in [2.05, 4.69) is 11.9 Å². The van der Waals surface area contributed by atoms with Crippen molar-refractivity contribution < 1.29 is 19.4 Å². The first-order chi connectivity index (χ1) is 9.08. The standard InChI is InChI=1S/C13H16ClNO4/c1-3-4-15-7-9-5-10(14)13(11(6-9)18-2)19-8-12(16)17/h3,5-6,15H,1,4,7-8H2,2H3,(H,16,17). The van der Waals surface area contributed by atoms with E-state index in [-0.39, 0.29) is 5.75 Å². The number of aliphatic carboxylic acids is 1. The van der Waals surface area contributed by atoms with Crippen LogP contribution >= 0.6 is 11.6 Å². The minimum absolute atomic E-state index is 0.235. The number of carboxylic acids is 1. The summed E-state index contributed by atoms with van der Waals surface area (Å²) >= 11 is 6.06. The van der Waals surface area contributed by atoms with Gasteiger partial charge in [-0.3, -0.25) is 0 Å². The van der Waals surface area contributed by atoms with Gasteiger partial charge in [-0.15, -0.1) is 6.58 Å². The number of nitrogens with one attached hydrogen (secondary N) is 1. The van der Waals surface area contributed by atoms with Gasteiger partial charge < -0.3 is 19.9 Å². The van der Waals surface area contributed by atoms with Crippen LogP contribution in [0, 0.1) is 0 Å². The molecule has 1 rings (SSSR count). The lowest BCUT2D eigenvalue weighted by molar-refractivity contribution is -0.139. The first-order valence-electron chi connectivity index (χ1n) is 5.61. The van der Waals surface area contributed by atoms with E-state index in [1.807, 2.05) is 0 Å². The monoisotopic (exact) mass is 285 g/mol. The second-order valence-corrected chi connectivity index (χ2v) is 4.12. The van der Waals surface area contributed by atoms with Gasteiger partial charge in [0.2, 0.25) is 0 Å². The fraction of sp³-hybridized carbons (Fsp3) is 0.308. The van der Waals surface area contributed by atoms with Crippen molar-refractivity contribution in [1.29, 1.82) is 0 Å². The van der Waals surface area contributed by atoms with Crippen molar-refractivity contribution in [3.63, 3.8) is 0 Å². The summed E-state index contributed by atoms with van der Waals surface area (Å²) in [6, 6.07) is 3.45. The van der Waals surface area contributed by atoms with Gasteiger partial charge in [-0.25, -0.2) is 4.79 Å². The summed E-state index contributed by atoms with van der Waals surface area (Å²) in [6.07, 6.45) is 1.75. The Labute approximate surface area is 116 Å². The molecule has 0 amide bonds. The van der Waals surface area contributed by atoms with Crippen LogP contribution in [0.5, 0.6) is 11.5 Å². The molecule has 0 radical (unpaired) electrons. The largest absolute Gasteiger partial charge is 0.493 e. The average Bonchev–Trinajstić information content (AvgIpc) is 2.37. The van der Waals surface area contributed by atoms with Crippen LogP contribution in [0.15, 0.2) is 24.8 Å². The highest BCUT2D eigenvalue weighted by Gasteiger charge is 2.13. The Hall–Kier alpha value is -1.72. The molecule has 0 fully saturated rings. The highest BCUT2D eigenvalue weighted by molar-refractivity contribution is 6.32. The number of ether oxygens (including phenoxy) is 2. The first kappa shape index (κ1) is 15.3. The number of methoxy groups -OCH3 is 1. The molecule has 0 aliphatic carbocycles. The number of rotatable bonds is 8. The molecule has 0 saturated heterocycles. The van der Waals surface area contributed by atoms with E-state index in [1.165, 1.54) is 7.11 Å². The van der Waals surface area contributed by atoms with Crippen LogP contribution in [0.1, 0.15) is 5.56 Å². The first-order valence-corrected chi connectivity index (χ1v) is 5.99. The van der Waals surface area contributed by atoms with Crippen LogP contribution in [-0.2, 0) is 11.3 Å². The summed E-state index contributed by atoms with van der Waals surface area (Å²) in [5, 5.41) is 12.0. The Balaban J connectivity index is 2.87. The van der Waals surface area contributed by atoms with Crippen LogP contribution in [0.3, 0.4) is 0 Å². The molecule has 0 aromatic heterocycles. The van der Waals surface area contributed by atoms with Gasteiger partial charge in [-0.2, -0.15) is 0 Å². The van der Waals surface area contributed by atoms with Crippen LogP contribution < -0.4 is 14.8 Å². The number of halogens is 1. The molecule has 0 heterocycles. The van der Waals surface area contributed by atoms with Crippen LogP contribution in [0.4, 0.5) is 0 Å². The molecule has 0 aliphatic heterocycles. The number of hydrogen-bond acceptors (Lipinski definition) is 4. The quantitative estimate of drug-likeness (QED) is 0.565. The van der Waals surface area contributed by atoms with E-state index in [0.29, 0.717) is 23.9 Å². The summed E-state index contributed by atoms with van der Waals surface area (Å²) in [6.45, 7) is 4.42. The van der Waals surface area contributed by atoms with Crippen LogP contribution in [-0.4, -0.2) is 31.3 Å². The summed E-state index contributed by atoms with van der Waals surface area (Å²) in [7, 11) is 1.47. The van der Waals surface area contributed by atoms with E-state index in [4.69, 9.17) is 26.2 Å². The molecule has 1 aromatic rings. The van der Waals surface area contributed by atoms with E-state index in [1.54, 1.807) is 18.2 Å². The maximum atomic E-state index is 10.5. The van der Waals surface area contributed by atoms with E-state index in [0.717, 1.165) is 5.56 Å². The van der Waals surface area contributed by atoms with Crippen molar-refractivity contribution in [3.8, 4) is 11.5 Å². The Morgan fingerprint density at radius 2 is 2.32 bits per heavy atom. The topological polar surface area (TPSA) is 67.8 Å². The van der Waals surface area contributed by atoms with E-state index < -0.39 is 12.6 Å². The fourth-order valence-corrected chi connectivity index (χ4v) is 1.76. The van der Waals surface area contributed by atoms with Gasteiger partial charge in [0.25, 0.3) is 0 Å². The minimum atomic E-state index is -1.07. The zero-order valence-electron chi connectivity index (χ0n) is 10.6. The SMILES string of the molecule is C=CCNCc1cc(Cl)c(OCC(=O)O)c(OC)c1. The predicted octanol–water partition coefficient (Wildman–Crippen LogP) is 2.09. The van der Waals surface area contributed by atoms with Crippen molar-refractivity contribution in [2.24, 2.45) is 0 Å². The smallest absolute Gasteiger partial charge is 0.341 e.